The Labute approximate surface area is 209 Å². The van der Waals surface area contributed by atoms with Gasteiger partial charge >= 0.3 is 0 Å². The number of aliphatic hydroxyl groups excluding tert-OH is 1. The van der Waals surface area contributed by atoms with Gasteiger partial charge in [-0.15, -0.1) is 0 Å². The highest BCUT2D eigenvalue weighted by Gasteiger charge is 2.35. The first kappa shape index (κ1) is 25.0. The predicted octanol–water partition coefficient (Wildman–Crippen LogP) is 6.06. The van der Waals surface area contributed by atoms with Crippen LogP contribution in [0.15, 0.2) is 60.7 Å². The molecule has 0 spiro atoms. The second kappa shape index (κ2) is 11.1. The quantitative estimate of drug-likeness (QED) is 0.377. The predicted molar refractivity (Wildman–Crippen MR) is 141 cm³/mol. The van der Waals surface area contributed by atoms with Crippen LogP contribution < -0.4 is 4.74 Å². The van der Waals surface area contributed by atoms with Crippen molar-refractivity contribution in [2.75, 3.05) is 40.3 Å². The van der Waals surface area contributed by atoms with Gasteiger partial charge in [-0.1, -0.05) is 79.9 Å². The van der Waals surface area contributed by atoms with E-state index in [-0.39, 0.29) is 6.04 Å². The van der Waals surface area contributed by atoms with Gasteiger partial charge < -0.3 is 14.3 Å². The molecular formula is C29H38ClN2O2+. The van der Waals surface area contributed by atoms with E-state index in [1.165, 1.54) is 5.56 Å². The van der Waals surface area contributed by atoms with E-state index in [4.69, 9.17) is 16.3 Å². The molecule has 0 saturated carbocycles. The molecule has 0 radical (unpaired) electrons. The summed E-state index contributed by atoms with van der Waals surface area (Å²) in [7, 11) is 3.99. The molecule has 5 heteroatoms. The lowest BCUT2D eigenvalue weighted by atomic mass is 9.93. The zero-order valence-electron chi connectivity index (χ0n) is 20.7. The van der Waals surface area contributed by atoms with Gasteiger partial charge in [0.1, 0.15) is 12.3 Å². The fourth-order valence-electron chi connectivity index (χ4n) is 5.28. The highest BCUT2D eigenvalue weighted by molar-refractivity contribution is 6.37. The maximum absolute atomic E-state index is 11.5. The number of rotatable bonds is 9. The van der Waals surface area contributed by atoms with Gasteiger partial charge in [0.25, 0.3) is 0 Å². The van der Waals surface area contributed by atoms with Crippen LogP contribution in [0.1, 0.15) is 43.4 Å². The fourth-order valence-corrected chi connectivity index (χ4v) is 5.60. The highest BCUT2D eigenvalue weighted by atomic mass is 35.5. The minimum atomic E-state index is -0.525. The van der Waals surface area contributed by atoms with Crippen molar-refractivity contribution in [2.24, 2.45) is 0 Å². The molecule has 1 aliphatic heterocycles. The van der Waals surface area contributed by atoms with Gasteiger partial charge in [0.2, 0.25) is 0 Å². The largest absolute Gasteiger partial charge is 0.495 e. The van der Waals surface area contributed by atoms with Crippen LogP contribution in [0.3, 0.4) is 0 Å². The van der Waals surface area contributed by atoms with Crippen molar-refractivity contribution in [1.29, 1.82) is 0 Å². The summed E-state index contributed by atoms with van der Waals surface area (Å²) >= 11 is 6.51. The standard InChI is InChI=1S/C29H38ClN2O2/c1-4-5-11-26(31-16-18-32(2,19-17-31)21-22-9-7-6-8-10-22)29(33)24-12-14-25-23(20-24)13-15-27(34-3)28(25)30/h6-10,12-15,20,26,29,33H,4-5,11,16-19,21H2,1-3H3/q+1. The third-order valence-electron chi connectivity index (χ3n) is 7.45. The van der Waals surface area contributed by atoms with Crippen LogP contribution in [-0.2, 0) is 6.54 Å². The molecule has 1 heterocycles. The molecule has 1 N–H and O–H groups in total. The van der Waals surface area contributed by atoms with Crippen LogP contribution in [0, 0.1) is 0 Å². The van der Waals surface area contributed by atoms with Gasteiger partial charge in [-0.25, -0.2) is 0 Å². The number of ether oxygens (including phenoxy) is 1. The Morgan fingerprint density at radius 2 is 1.79 bits per heavy atom. The lowest BCUT2D eigenvalue weighted by Gasteiger charge is -2.45. The molecule has 3 aromatic carbocycles. The molecule has 4 nitrogen and oxygen atoms in total. The first-order valence-electron chi connectivity index (χ1n) is 12.5. The number of aliphatic hydroxyl groups is 1. The summed E-state index contributed by atoms with van der Waals surface area (Å²) in [5.41, 5.74) is 2.36. The summed E-state index contributed by atoms with van der Waals surface area (Å²) in [4.78, 5) is 2.52. The Hall–Kier alpha value is -2.11. The van der Waals surface area contributed by atoms with Crippen LogP contribution in [0.4, 0.5) is 0 Å². The summed E-state index contributed by atoms with van der Waals surface area (Å²) in [6, 6.07) is 20.9. The van der Waals surface area contributed by atoms with Gasteiger partial charge in [-0.05, 0) is 29.5 Å². The van der Waals surface area contributed by atoms with Crippen molar-refractivity contribution in [2.45, 2.75) is 44.9 Å². The van der Waals surface area contributed by atoms with E-state index < -0.39 is 6.10 Å². The smallest absolute Gasteiger partial charge is 0.138 e. The Morgan fingerprint density at radius 3 is 2.47 bits per heavy atom. The van der Waals surface area contributed by atoms with Gasteiger partial charge in [-0.2, -0.15) is 0 Å². The molecule has 0 bridgehead atoms. The van der Waals surface area contributed by atoms with Crippen LogP contribution in [0.25, 0.3) is 10.8 Å². The van der Waals surface area contributed by atoms with Crippen LogP contribution in [-0.4, -0.2) is 60.9 Å². The molecule has 2 atom stereocenters. The Bertz CT molecular complexity index is 1080. The number of halogens is 1. The molecule has 1 aliphatic rings. The lowest BCUT2D eigenvalue weighted by Crippen LogP contribution is -2.59. The third-order valence-corrected chi connectivity index (χ3v) is 7.84. The second-order valence-electron chi connectivity index (χ2n) is 9.96. The first-order valence-corrected chi connectivity index (χ1v) is 12.9. The highest BCUT2D eigenvalue weighted by Crippen LogP contribution is 2.35. The molecule has 2 unspecified atom stereocenters. The van der Waals surface area contributed by atoms with Gasteiger partial charge in [0.15, 0.2) is 0 Å². The molecule has 182 valence electrons. The summed E-state index contributed by atoms with van der Waals surface area (Å²) in [5, 5.41) is 14.2. The van der Waals surface area contributed by atoms with E-state index in [1.54, 1.807) is 7.11 Å². The number of benzene rings is 3. The molecule has 4 rings (SSSR count). The summed E-state index contributed by atoms with van der Waals surface area (Å²) in [6.45, 7) is 7.48. The number of hydrogen-bond acceptors (Lipinski definition) is 3. The minimum absolute atomic E-state index is 0.122. The number of quaternary nitrogens is 1. The summed E-state index contributed by atoms with van der Waals surface area (Å²) < 4.78 is 6.41. The van der Waals surface area contributed by atoms with Gasteiger partial charge in [0, 0.05) is 30.1 Å². The van der Waals surface area contributed by atoms with Crippen molar-refractivity contribution in [3.05, 3.63) is 76.8 Å². The zero-order valence-corrected chi connectivity index (χ0v) is 21.5. The lowest BCUT2D eigenvalue weighted by molar-refractivity contribution is -0.926. The number of fused-ring (bicyclic) bond motifs is 1. The van der Waals surface area contributed by atoms with Crippen molar-refractivity contribution in [3.63, 3.8) is 0 Å². The third kappa shape index (κ3) is 5.58. The van der Waals surface area contributed by atoms with E-state index in [0.717, 1.165) is 72.8 Å². The fraction of sp³-hybridized carbons (Fsp3) is 0.448. The molecule has 0 aromatic heterocycles. The normalized spacial score (nSPS) is 18.0. The van der Waals surface area contributed by atoms with Crippen molar-refractivity contribution < 1.29 is 14.3 Å². The average molecular weight is 482 g/mol. The average Bonchev–Trinajstić information content (AvgIpc) is 2.85. The van der Waals surface area contributed by atoms with E-state index >= 15 is 0 Å². The topological polar surface area (TPSA) is 32.7 Å². The molecule has 0 amide bonds. The van der Waals surface area contributed by atoms with E-state index in [0.29, 0.717) is 10.8 Å². The maximum atomic E-state index is 11.5. The van der Waals surface area contributed by atoms with Crippen molar-refractivity contribution >= 4 is 22.4 Å². The van der Waals surface area contributed by atoms with Crippen molar-refractivity contribution in [1.82, 2.24) is 4.90 Å². The number of methoxy groups -OCH3 is 1. The van der Waals surface area contributed by atoms with Crippen LogP contribution in [0.5, 0.6) is 5.75 Å². The molecule has 0 aliphatic carbocycles. The SMILES string of the molecule is CCCCC(C(O)c1ccc2c(Cl)c(OC)ccc2c1)N1CC[N+](C)(Cc2ccccc2)CC1. The Balaban J connectivity index is 1.50. The van der Waals surface area contributed by atoms with E-state index in [2.05, 4.69) is 55.3 Å². The number of likely N-dealkylation sites (N-methyl/N-ethyl adjacent to an activating group) is 1. The number of hydrogen-bond donors (Lipinski definition) is 1. The molecular weight excluding hydrogens is 444 g/mol. The number of nitrogens with zero attached hydrogens (tertiary/aromatic N) is 2. The monoisotopic (exact) mass is 481 g/mol. The molecule has 34 heavy (non-hydrogen) atoms. The Kier molecular flexibility index (Phi) is 8.15. The second-order valence-corrected chi connectivity index (χ2v) is 10.3. The van der Waals surface area contributed by atoms with Gasteiger partial charge in [0.05, 0.1) is 38.4 Å². The zero-order chi connectivity index (χ0) is 24.1. The molecule has 1 saturated heterocycles. The first-order chi connectivity index (χ1) is 16.4. The van der Waals surface area contributed by atoms with Crippen molar-refractivity contribution in [3.8, 4) is 5.75 Å². The summed E-state index contributed by atoms with van der Waals surface area (Å²) in [5.74, 6) is 0.674. The molecule has 3 aromatic rings. The van der Waals surface area contributed by atoms with Crippen LogP contribution >= 0.6 is 11.6 Å². The Morgan fingerprint density at radius 1 is 1.06 bits per heavy atom. The van der Waals surface area contributed by atoms with Crippen LogP contribution in [0.2, 0.25) is 5.02 Å². The van der Waals surface area contributed by atoms with Gasteiger partial charge in [-0.3, -0.25) is 4.90 Å². The molecule has 1 fully saturated rings. The summed E-state index contributed by atoms with van der Waals surface area (Å²) in [6.07, 6.45) is 2.72. The van der Waals surface area contributed by atoms with E-state index in [1.807, 2.05) is 24.3 Å². The van der Waals surface area contributed by atoms with E-state index in [9.17, 15) is 5.11 Å². The minimum Gasteiger partial charge on any atom is -0.495 e. The number of piperazine rings is 1. The maximum Gasteiger partial charge on any atom is 0.138 e. The number of unbranched alkanes of at least 4 members (excludes halogenated alkanes) is 1.